The number of benzene rings is 4. The number of hydrogen-bond acceptors (Lipinski definition) is 16. The van der Waals surface area contributed by atoms with Crippen molar-refractivity contribution in [2.75, 3.05) is 82.8 Å². The number of hydrogen-bond donors (Lipinski definition) is 0. The van der Waals surface area contributed by atoms with Crippen molar-refractivity contribution in [1.29, 1.82) is 0 Å². The number of ether oxygens (including phenoxy) is 4. The first-order valence-corrected chi connectivity index (χ1v) is 30.1. The van der Waals surface area contributed by atoms with Gasteiger partial charge in [0.25, 0.3) is 59.8 Å². The molecule has 4 aromatic carbocycles. The summed E-state index contributed by atoms with van der Waals surface area (Å²) >= 11 is 0. The highest BCUT2D eigenvalue weighted by molar-refractivity contribution is 8.14. The lowest BCUT2D eigenvalue weighted by Gasteiger charge is -2.24. The molecule has 0 atom stereocenters. The molecule has 0 saturated heterocycles. The summed E-state index contributed by atoms with van der Waals surface area (Å²) in [6, 6.07) is 8.62. The third-order valence-corrected chi connectivity index (χ3v) is 16.2. The molecule has 72 heavy (non-hydrogen) atoms. The summed E-state index contributed by atoms with van der Waals surface area (Å²) in [5.74, 6) is -3.12. The van der Waals surface area contributed by atoms with E-state index in [2.05, 4.69) is 0 Å². The van der Waals surface area contributed by atoms with E-state index < -0.39 is 132 Å². The molecule has 4 amide bonds. The number of halogens is 4. The van der Waals surface area contributed by atoms with Crippen LogP contribution in [-0.2, 0) is 81.1 Å². The molecule has 20 nitrogen and oxygen atoms in total. The SMILES string of the molecule is CN(C)C(=O)COc1c2cc(S(=O)(=O)Cl)cc1Cc1cc(S(=O)(=O)Cl)cc(c1OCC(=O)N(C)C)Cc1cc(S(=O)(=O)Cl)cc(c1OCC(=O)N(C)C)Cc1cc(S(=O)(=O)Cl)cc(c1OCC(=O)N(C)C)C2. The highest BCUT2D eigenvalue weighted by atomic mass is 35.7. The molecule has 0 heterocycles. The van der Waals surface area contributed by atoms with Crippen molar-refractivity contribution in [2.24, 2.45) is 0 Å². The van der Waals surface area contributed by atoms with Gasteiger partial charge in [-0.15, -0.1) is 0 Å². The summed E-state index contributed by atoms with van der Waals surface area (Å²) in [6.45, 7) is -2.71. The molecule has 392 valence electrons. The first kappa shape index (κ1) is 57.8. The molecule has 5 rings (SSSR count). The maximum atomic E-state index is 13.3. The zero-order valence-corrected chi connectivity index (χ0v) is 46.0. The summed E-state index contributed by atoms with van der Waals surface area (Å²) in [6.07, 6.45) is -2.22. The van der Waals surface area contributed by atoms with Crippen LogP contribution in [0.1, 0.15) is 44.5 Å². The number of nitrogens with zero attached hydrogens (tertiary/aromatic N) is 4. The van der Waals surface area contributed by atoms with Crippen LogP contribution in [0.15, 0.2) is 68.1 Å². The van der Waals surface area contributed by atoms with Gasteiger partial charge in [-0.2, -0.15) is 0 Å². The van der Waals surface area contributed by atoms with E-state index in [1.54, 1.807) is 0 Å². The predicted octanol–water partition coefficient (Wildman–Crippen LogP) is 3.94. The first-order chi connectivity index (χ1) is 33.1. The molecule has 8 bridgehead atoms. The number of fused-ring (bicyclic) bond motifs is 8. The van der Waals surface area contributed by atoms with Gasteiger partial charge in [0.1, 0.15) is 23.0 Å². The Balaban J connectivity index is 2.09. The molecule has 0 unspecified atom stereocenters. The number of carbonyl (C=O) groups is 4. The fourth-order valence-corrected chi connectivity index (χ4v) is 10.5. The van der Waals surface area contributed by atoms with Crippen LogP contribution in [0.4, 0.5) is 0 Å². The van der Waals surface area contributed by atoms with Gasteiger partial charge in [0.2, 0.25) is 0 Å². The maximum Gasteiger partial charge on any atom is 0.261 e. The molecule has 0 N–H and O–H groups in total. The molecule has 4 aromatic rings. The Bertz CT molecular complexity index is 2780. The number of rotatable bonds is 16. The second kappa shape index (κ2) is 22.6. The quantitative estimate of drug-likeness (QED) is 0.127. The Morgan fingerprint density at radius 1 is 0.347 bits per heavy atom. The summed E-state index contributed by atoms with van der Waals surface area (Å²) in [5.41, 5.74) is -0.781. The van der Waals surface area contributed by atoms with E-state index in [-0.39, 0.29) is 67.5 Å². The fraction of sp³-hybridized carbons (Fsp3) is 0.364. The maximum absolute atomic E-state index is 13.3. The summed E-state index contributed by atoms with van der Waals surface area (Å²) in [4.78, 5) is 55.2. The first-order valence-electron chi connectivity index (χ1n) is 20.9. The van der Waals surface area contributed by atoms with E-state index in [9.17, 15) is 52.8 Å². The van der Waals surface area contributed by atoms with Crippen molar-refractivity contribution in [3.8, 4) is 23.0 Å². The van der Waals surface area contributed by atoms with Crippen LogP contribution in [0.5, 0.6) is 23.0 Å². The van der Waals surface area contributed by atoms with Crippen molar-refractivity contribution in [3.05, 3.63) is 93.0 Å². The van der Waals surface area contributed by atoms with E-state index in [4.69, 9.17) is 61.7 Å². The summed E-state index contributed by atoms with van der Waals surface area (Å²) in [5, 5.41) is 0. The van der Waals surface area contributed by atoms with Gasteiger partial charge in [-0.3, -0.25) is 19.2 Å². The Morgan fingerprint density at radius 3 is 0.597 bits per heavy atom. The van der Waals surface area contributed by atoms with Crippen LogP contribution < -0.4 is 18.9 Å². The largest absolute Gasteiger partial charge is 0.483 e. The Hall–Kier alpha value is -5.08. The van der Waals surface area contributed by atoms with Crippen LogP contribution in [0.3, 0.4) is 0 Å². The van der Waals surface area contributed by atoms with E-state index in [1.807, 2.05) is 0 Å². The number of likely N-dealkylation sites (N-methyl/N-ethyl adjacent to an activating group) is 4. The van der Waals surface area contributed by atoms with Crippen LogP contribution >= 0.6 is 42.7 Å². The number of carbonyl (C=O) groups excluding carboxylic acids is 4. The third-order valence-electron chi connectivity index (χ3n) is 10.9. The minimum Gasteiger partial charge on any atom is -0.483 e. The Kier molecular flexibility index (Phi) is 18.1. The molecular formula is C44H48Cl4N4O16S4. The van der Waals surface area contributed by atoms with Gasteiger partial charge in [0, 0.05) is 169 Å². The van der Waals surface area contributed by atoms with Crippen molar-refractivity contribution in [1.82, 2.24) is 19.6 Å². The molecule has 1 aliphatic rings. The van der Waals surface area contributed by atoms with Gasteiger partial charge < -0.3 is 38.5 Å². The Morgan fingerprint density at radius 2 is 0.486 bits per heavy atom. The normalized spacial score (nSPS) is 12.8. The van der Waals surface area contributed by atoms with Crippen LogP contribution in [0, 0.1) is 0 Å². The lowest BCUT2D eigenvalue weighted by Crippen LogP contribution is -2.28. The molecule has 0 saturated carbocycles. The average Bonchev–Trinajstić information content (AvgIpc) is 3.25. The molecule has 0 aliphatic heterocycles. The van der Waals surface area contributed by atoms with Gasteiger partial charge in [-0.25, -0.2) is 33.7 Å². The molecule has 0 spiro atoms. The summed E-state index contributed by atoms with van der Waals surface area (Å²) < 4.78 is 132. The van der Waals surface area contributed by atoms with Crippen LogP contribution in [0.25, 0.3) is 0 Å². The second-order valence-corrected chi connectivity index (χ2v) is 27.3. The van der Waals surface area contributed by atoms with Gasteiger partial charge >= 0.3 is 0 Å². The lowest BCUT2D eigenvalue weighted by molar-refractivity contribution is -0.131. The predicted molar refractivity (Wildman–Crippen MR) is 266 cm³/mol. The van der Waals surface area contributed by atoms with Gasteiger partial charge in [0.15, 0.2) is 26.4 Å². The highest BCUT2D eigenvalue weighted by Gasteiger charge is 2.30. The molecule has 0 fully saturated rings. The number of amides is 4. The van der Waals surface area contributed by atoms with E-state index in [0.29, 0.717) is 0 Å². The van der Waals surface area contributed by atoms with Gasteiger partial charge in [-0.1, -0.05) is 0 Å². The van der Waals surface area contributed by atoms with Crippen molar-refractivity contribution in [3.63, 3.8) is 0 Å². The minimum absolute atomic E-state index is 0.0976. The summed E-state index contributed by atoms with van der Waals surface area (Å²) in [7, 11) is 16.9. The second-order valence-electron chi connectivity index (χ2n) is 17.0. The van der Waals surface area contributed by atoms with Crippen LogP contribution in [-0.4, -0.2) is 160 Å². The molecule has 28 heteroatoms. The van der Waals surface area contributed by atoms with Gasteiger partial charge in [-0.05, 0) is 48.5 Å². The zero-order chi connectivity index (χ0) is 54.0. The van der Waals surface area contributed by atoms with E-state index in [1.165, 1.54) is 76.0 Å². The standard InChI is InChI=1S/C44H48Cl4N4O16S4/c1-49(2)37(53)21-65-41-25-9-27-15-34(70(46,59)60)17-29(42(27)66-22-38(54)50(3)4)11-31-19-36(72(48,63)64)20-32(44(31)68-24-40(56)52(7)8)12-30-18-35(71(47,61)62)16-28(43(30)67-23-39(55)51(5)6)10-26(41)14-33(13-25)69(45,57)58/h13-20H,9-12,21-24H2,1-8H3. The molecule has 1 aliphatic carbocycles. The van der Waals surface area contributed by atoms with E-state index in [0.717, 1.165) is 48.5 Å². The minimum atomic E-state index is -4.69. The molecule has 0 aromatic heterocycles. The highest BCUT2D eigenvalue weighted by Crippen LogP contribution is 2.43. The topological polar surface area (TPSA) is 255 Å². The van der Waals surface area contributed by atoms with Gasteiger partial charge in [0.05, 0.1) is 19.6 Å². The molecule has 0 radical (unpaired) electrons. The third kappa shape index (κ3) is 14.6. The average molecular weight is 1160 g/mol. The Labute approximate surface area is 435 Å². The van der Waals surface area contributed by atoms with E-state index >= 15 is 0 Å². The van der Waals surface area contributed by atoms with Crippen LogP contribution in [0.2, 0.25) is 0 Å². The van der Waals surface area contributed by atoms with Crippen molar-refractivity contribution >= 4 is 103 Å². The molecular weight excluding hydrogens is 1110 g/mol. The smallest absolute Gasteiger partial charge is 0.261 e. The van der Waals surface area contributed by atoms with Crippen molar-refractivity contribution < 1.29 is 71.8 Å². The van der Waals surface area contributed by atoms with Crippen molar-refractivity contribution in [2.45, 2.75) is 45.3 Å². The lowest BCUT2D eigenvalue weighted by atomic mass is 9.91. The zero-order valence-electron chi connectivity index (χ0n) is 39.7. The monoisotopic (exact) mass is 1160 g/mol. The fourth-order valence-electron chi connectivity index (χ4n) is 7.12.